The molecule has 0 amide bonds. The van der Waals surface area contributed by atoms with Gasteiger partial charge in [0.05, 0.1) is 0 Å². The molecule has 2 aromatic heterocycles. The van der Waals surface area contributed by atoms with Crippen molar-refractivity contribution in [3.8, 4) is 11.5 Å². The highest BCUT2D eigenvalue weighted by molar-refractivity contribution is 5.94. The second-order valence-corrected chi connectivity index (χ2v) is 6.31. The van der Waals surface area contributed by atoms with Crippen LogP contribution >= 0.6 is 0 Å². The first-order chi connectivity index (χ1) is 14.0. The zero-order chi connectivity index (χ0) is 20.4. The van der Waals surface area contributed by atoms with Gasteiger partial charge in [0.15, 0.2) is 6.61 Å². The van der Waals surface area contributed by atoms with E-state index in [-0.39, 0.29) is 17.9 Å². The SMILES string of the molecule is Cc1nc(COc2ccccc2C(=O)Oc2ccc3c(C)cc(=O)oc3c2)no1. The van der Waals surface area contributed by atoms with Crippen molar-refractivity contribution in [3.63, 3.8) is 0 Å². The molecule has 2 heterocycles. The molecule has 0 aliphatic heterocycles. The number of nitrogens with zero attached hydrogens (tertiary/aromatic N) is 2. The first-order valence-corrected chi connectivity index (χ1v) is 8.77. The summed E-state index contributed by atoms with van der Waals surface area (Å²) in [5.74, 6) is 0.752. The number of carbonyl (C=O) groups is 1. The summed E-state index contributed by atoms with van der Waals surface area (Å²) in [6, 6.07) is 13.0. The number of aryl methyl sites for hydroxylation is 2. The largest absolute Gasteiger partial charge is 0.485 e. The topological polar surface area (TPSA) is 105 Å². The maximum absolute atomic E-state index is 12.7. The fourth-order valence-electron chi connectivity index (χ4n) is 2.83. The van der Waals surface area contributed by atoms with Crippen molar-refractivity contribution in [2.45, 2.75) is 20.5 Å². The van der Waals surface area contributed by atoms with Crippen LogP contribution in [0.15, 0.2) is 62.3 Å². The minimum Gasteiger partial charge on any atom is -0.485 e. The molecule has 0 bridgehead atoms. The van der Waals surface area contributed by atoms with E-state index < -0.39 is 11.6 Å². The molecule has 4 rings (SSSR count). The number of carbonyl (C=O) groups excluding carboxylic acids is 1. The van der Waals surface area contributed by atoms with Crippen LogP contribution in [0, 0.1) is 13.8 Å². The van der Waals surface area contributed by atoms with Crippen molar-refractivity contribution >= 4 is 16.9 Å². The minimum atomic E-state index is -0.612. The van der Waals surface area contributed by atoms with Crippen LogP contribution in [0.5, 0.6) is 11.5 Å². The van der Waals surface area contributed by atoms with Crippen LogP contribution in [0.1, 0.15) is 27.6 Å². The van der Waals surface area contributed by atoms with Crippen LogP contribution < -0.4 is 15.1 Å². The second kappa shape index (κ2) is 7.59. The van der Waals surface area contributed by atoms with Crippen molar-refractivity contribution in [3.05, 3.63) is 81.8 Å². The molecular weight excluding hydrogens is 376 g/mol. The molecule has 8 nitrogen and oxygen atoms in total. The zero-order valence-corrected chi connectivity index (χ0v) is 15.7. The van der Waals surface area contributed by atoms with Crippen molar-refractivity contribution in [1.82, 2.24) is 10.1 Å². The molecule has 2 aromatic carbocycles. The summed E-state index contributed by atoms with van der Waals surface area (Å²) >= 11 is 0. The number of ether oxygens (including phenoxy) is 2. The van der Waals surface area contributed by atoms with E-state index in [1.54, 1.807) is 43.3 Å². The lowest BCUT2D eigenvalue weighted by Gasteiger charge is -2.10. The standard InChI is InChI=1S/C21H16N2O6/c1-12-9-20(24)28-18-10-14(7-8-15(12)18)27-21(25)16-5-3-4-6-17(16)26-11-19-22-13(2)29-23-19/h3-10H,11H2,1-2H3. The van der Waals surface area contributed by atoms with Gasteiger partial charge in [0.1, 0.15) is 22.6 Å². The molecule has 146 valence electrons. The van der Waals surface area contributed by atoms with E-state index in [1.807, 2.05) is 6.92 Å². The minimum absolute atomic E-state index is 0.0437. The van der Waals surface area contributed by atoms with Gasteiger partial charge in [-0.05, 0) is 36.8 Å². The maximum atomic E-state index is 12.7. The molecule has 0 unspecified atom stereocenters. The summed E-state index contributed by atoms with van der Waals surface area (Å²) < 4.78 is 21.2. The molecule has 0 aliphatic rings. The van der Waals surface area contributed by atoms with Crippen LogP contribution in [0.4, 0.5) is 0 Å². The molecule has 8 heteroatoms. The Balaban J connectivity index is 1.55. The van der Waals surface area contributed by atoms with Gasteiger partial charge in [0.25, 0.3) is 0 Å². The second-order valence-electron chi connectivity index (χ2n) is 6.31. The normalized spacial score (nSPS) is 10.8. The fraction of sp³-hybridized carbons (Fsp3) is 0.143. The van der Waals surface area contributed by atoms with E-state index in [9.17, 15) is 9.59 Å². The number of hydrogen-bond donors (Lipinski definition) is 0. The van der Waals surface area contributed by atoms with Crippen molar-refractivity contribution in [2.24, 2.45) is 0 Å². The van der Waals surface area contributed by atoms with Crippen LogP contribution in [-0.4, -0.2) is 16.1 Å². The summed E-state index contributed by atoms with van der Waals surface area (Å²) in [6.45, 7) is 3.53. The van der Waals surface area contributed by atoms with E-state index in [0.717, 1.165) is 10.9 Å². The van der Waals surface area contributed by atoms with Gasteiger partial charge in [-0.2, -0.15) is 4.98 Å². The van der Waals surface area contributed by atoms with Crippen molar-refractivity contribution < 1.29 is 23.2 Å². The molecule has 0 spiro atoms. The molecule has 4 aromatic rings. The summed E-state index contributed by atoms with van der Waals surface area (Å²) in [7, 11) is 0. The first-order valence-electron chi connectivity index (χ1n) is 8.77. The smallest absolute Gasteiger partial charge is 0.347 e. The molecule has 0 N–H and O–H groups in total. The van der Waals surface area contributed by atoms with Gasteiger partial charge in [0.2, 0.25) is 11.7 Å². The van der Waals surface area contributed by atoms with Gasteiger partial charge in [0, 0.05) is 24.4 Å². The van der Waals surface area contributed by atoms with Crippen LogP contribution in [0.25, 0.3) is 11.0 Å². The van der Waals surface area contributed by atoms with Gasteiger partial charge in [-0.15, -0.1) is 0 Å². The van der Waals surface area contributed by atoms with Crippen molar-refractivity contribution in [1.29, 1.82) is 0 Å². The quantitative estimate of drug-likeness (QED) is 0.288. The van der Waals surface area contributed by atoms with Crippen molar-refractivity contribution in [2.75, 3.05) is 0 Å². The highest BCUT2D eigenvalue weighted by Crippen LogP contribution is 2.25. The molecule has 0 aliphatic carbocycles. The van der Waals surface area contributed by atoms with Gasteiger partial charge < -0.3 is 18.4 Å². The Labute approximate surface area is 164 Å². The number of para-hydroxylation sites is 1. The number of benzene rings is 2. The summed E-state index contributed by atoms with van der Waals surface area (Å²) in [6.07, 6.45) is 0. The van der Waals surface area contributed by atoms with Gasteiger partial charge in [-0.25, -0.2) is 9.59 Å². The summed E-state index contributed by atoms with van der Waals surface area (Å²) in [4.78, 5) is 28.3. The molecule has 0 saturated heterocycles. The summed E-state index contributed by atoms with van der Waals surface area (Å²) in [5, 5.41) is 4.52. The average Bonchev–Trinajstić information content (AvgIpc) is 3.11. The number of aromatic nitrogens is 2. The predicted molar refractivity (Wildman–Crippen MR) is 102 cm³/mol. The Morgan fingerprint density at radius 3 is 2.72 bits per heavy atom. The predicted octanol–water partition coefficient (Wildman–Crippen LogP) is 3.59. The van der Waals surface area contributed by atoms with Gasteiger partial charge in [-0.1, -0.05) is 17.3 Å². The third-order valence-electron chi connectivity index (χ3n) is 4.17. The number of rotatable bonds is 5. The zero-order valence-electron chi connectivity index (χ0n) is 15.7. The molecule has 0 radical (unpaired) electrons. The monoisotopic (exact) mass is 392 g/mol. The summed E-state index contributed by atoms with van der Waals surface area (Å²) in [5.41, 5.74) is 0.898. The van der Waals surface area contributed by atoms with Gasteiger partial charge >= 0.3 is 11.6 Å². The Bertz CT molecular complexity index is 1260. The average molecular weight is 392 g/mol. The van der Waals surface area contributed by atoms with Crippen LogP contribution in [0.3, 0.4) is 0 Å². The Kier molecular flexibility index (Phi) is 4.82. The van der Waals surface area contributed by atoms with E-state index in [4.69, 9.17) is 18.4 Å². The van der Waals surface area contributed by atoms with E-state index in [2.05, 4.69) is 10.1 Å². The highest BCUT2D eigenvalue weighted by Gasteiger charge is 2.16. The lowest BCUT2D eigenvalue weighted by atomic mass is 10.1. The fourth-order valence-corrected chi connectivity index (χ4v) is 2.83. The van der Waals surface area contributed by atoms with Crippen LogP contribution in [-0.2, 0) is 6.61 Å². The third-order valence-corrected chi connectivity index (χ3v) is 4.17. The number of hydrogen-bond acceptors (Lipinski definition) is 8. The van der Waals surface area contributed by atoms with E-state index in [1.165, 1.54) is 12.1 Å². The molecular formula is C21H16N2O6. The molecule has 0 atom stereocenters. The number of fused-ring (bicyclic) bond motifs is 1. The Morgan fingerprint density at radius 2 is 1.93 bits per heavy atom. The van der Waals surface area contributed by atoms with Crippen LogP contribution in [0.2, 0.25) is 0 Å². The third kappa shape index (κ3) is 4.01. The number of esters is 1. The molecule has 0 fully saturated rings. The van der Waals surface area contributed by atoms with E-state index in [0.29, 0.717) is 23.0 Å². The van der Waals surface area contributed by atoms with Gasteiger partial charge in [-0.3, -0.25) is 0 Å². The Morgan fingerprint density at radius 1 is 1.10 bits per heavy atom. The molecule has 0 saturated carbocycles. The lowest BCUT2D eigenvalue weighted by Crippen LogP contribution is -2.11. The Hall–Kier alpha value is -3.94. The maximum Gasteiger partial charge on any atom is 0.347 e. The highest BCUT2D eigenvalue weighted by atomic mass is 16.5. The first kappa shape index (κ1) is 18.4. The lowest BCUT2D eigenvalue weighted by molar-refractivity contribution is 0.0729. The molecule has 29 heavy (non-hydrogen) atoms. The van der Waals surface area contributed by atoms with E-state index >= 15 is 0 Å².